The molecule has 0 unspecified atom stereocenters. The summed E-state index contributed by atoms with van der Waals surface area (Å²) in [7, 11) is 3.03. The summed E-state index contributed by atoms with van der Waals surface area (Å²) >= 11 is 0. The highest BCUT2D eigenvalue weighted by Gasteiger charge is 2.36. The number of hydrogen-bond donors (Lipinski definition) is 3. The molecule has 0 spiro atoms. The Bertz CT molecular complexity index is 4070. The van der Waals surface area contributed by atoms with Gasteiger partial charge < -0.3 is 29.7 Å². The van der Waals surface area contributed by atoms with Gasteiger partial charge in [0.25, 0.3) is 0 Å². The number of benzene rings is 4. The first-order valence-corrected chi connectivity index (χ1v) is 27.4. The fourth-order valence-corrected chi connectivity index (χ4v) is 11.2. The topological polar surface area (TPSA) is 127 Å². The van der Waals surface area contributed by atoms with Gasteiger partial charge in [-0.1, -0.05) is 64.1 Å². The summed E-state index contributed by atoms with van der Waals surface area (Å²) in [5.41, 5.74) is 11.1. The van der Waals surface area contributed by atoms with Crippen LogP contribution in [0.2, 0.25) is 0 Å². The van der Waals surface area contributed by atoms with Gasteiger partial charge in [0.2, 0.25) is 5.95 Å². The molecule has 12 nitrogen and oxygen atoms in total. The van der Waals surface area contributed by atoms with Crippen molar-refractivity contribution in [3.05, 3.63) is 183 Å². The van der Waals surface area contributed by atoms with E-state index >= 15 is 13.2 Å². The molecule has 8 heterocycles. The number of H-pyrrole nitrogens is 2. The lowest BCUT2D eigenvalue weighted by Gasteiger charge is -2.28. The van der Waals surface area contributed by atoms with Crippen LogP contribution in [0.25, 0.3) is 55.7 Å². The number of hydrogen-bond acceptors (Lipinski definition) is 8. The van der Waals surface area contributed by atoms with Crippen LogP contribution in [0.5, 0.6) is 11.5 Å². The Balaban J connectivity index is 0.000000175. The molecule has 86 heavy (non-hydrogen) atoms. The molecule has 0 bridgehead atoms. The molecule has 0 saturated carbocycles. The summed E-state index contributed by atoms with van der Waals surface area (Å²) in [6.07, 6.45) is -0.613. The predicted molar refractivity (Wildman–Crippen MR) is 308 cm³/mol. The molecule has 0 fully saturated rings. The zero-order chi connectivity index (χ0) is 60.6. The van der Waals surface area contributed by atoms with E-state index in [1.807, 2.05) is 49.0 Å². The number of halogens is 12. The average molecular weight is 1220 g/mol. The molecule has 0 saturated heterocycles. The number of aromatic nitrogens is 8. The van der Waals surface area contributed by atoms with Gasteiger partial charge in [-0.3, -0.25) is 0 Å². The van der Waals surface area contributed by atoms with Crippen molar-refractivity contribution in [2.75, 3.05) is 32.2 Å². The van der Waals surface area contributed by atoms with E-state index in [2.05, 4.69) is 57.3 Å². The lowest BCUT2D eigenvalue weighted by atomic mass is 9.96. The van der Waals surface area contributed by atoms with E-state index in [0.29, 0.717) is 88.6 Å². The van der Waals surface area contributed by atoms with Gasteiger partial charge in [-0.2, -0.15) is 40.9 Å². The summed E-state index contributed by atoms with van der Waals surface area (Å²) in [4.78, 5) is 14.4. The molecule has 0 aliphatic carbocycles. The molecule has 6 aromatic heterocycles. The summed E-state index contributed by atoms with van der Waals surface area (Å²) in [5.74, 6) is -4.39. The van der Waals surface area contributed by atoms with Crippen LogP contribution in [0.4, 0.5) is 54.1 Å². The molecule has 2 aliphatic heterocycles. The van der Waals surface area contributed by atoms with Gasteiger partial charge >= 0.3 is 12.4 Å². The zero-order valence-electron chi connectivity index (χ0n) is 47.3. The van der Waals surface area contributed by atoms with Crippen LogP contribution in [0.15, 0.2) is 97.6 Å². The number of ether oxygens (including phenoxy) is 2. The Labute approximate surface area is 492 Å². The first kappa shape index (κ1) is 62.1. The summed E-state index contributed by atoms with van der Waals surface area (Å²) in [6, 6.07) is 19.4. The highest BCUT2D eigenvalue weighted by Crippen LogP contribution is 2.45. The largest absolute Gasteiger partial charge is 0.494 e. The molecular weight excluding hydrogens is 1160 g/mol. The number of rotatable bonds is 11. The van der Waals surface area contributed by atoms with E-state index < -0.39 is 46.9 Å². The number of para-hydroxylation sites is 2. The predicted octanol–water partition coefficient (Wildman–Crippen LogP) is 15.1. The molecule has 12 rings (SSSR count). The maximum atomic E-state index is 16.2. The van der Waals surface area contributed by atoms with Crippen molar-refractivity contribution in [1.29, 1.82) is 0 Å². The third kappa shape index (κ3) is 11.7. The number of pyridine rings is 2. The molecule has 3 N–H and O–H groups in total. The number of nitrogens with one attached hydrogen (secondary N) is 3. The first-order valence-electron chi connectivity index (χ1n) is 27.4. The van der Waals surface area contributed by atoms with E-state index in [1.165, 1.54) is 30.4 Å². The van der Waals surface area contributed by atoms with Gasteiger partial charge in [-0.15, -0.1) is 12.4 Å². The highest BCUT2D eigenvalue weighted by atomic mass is 35.5. The monoisotopic (exact) mass is 1220 g/mol. The highest BCUT2D eigenvalue weighted by molar-refractivity contribution is 6.00. The zero-order valence-corrected chi connectivity index (χ0v) is 48.1. The van der Waals surface area contributed by atoms with Gasteiger partial charge in [0.15, 0.2) is 17.5 Å². The minimum absolute atomic E-state index is 0. The summed E-state index contributed by atoms with van der Waals surface area (Å²) in [5, 5.41) is 14.9. The quantitative estimate of drug-likeness (QED) is 0.0863. The second-order valence-corrected chi connectivity index (χ2v) is 20.2. The fourth-order valence-electron chi connectivity index (χ4n) is 11.2. The molecule has 10 aromatic rings. The SMILES string of the molecule is CCc1cccc(CC)c1-n1nc2c(c1-c1c(F)cc(OC)c3[nH]ccc13)CN(c1ncc(C(F)(F)F)cc1F)CC2.CCc1cccc(CC)c1-n1nc2c(c1-c1c(F)cc(OC)c3[nH]ccc13)CNCC2.Cl.Fc1cc(C(F)(F)F)cnc1F. The van der Waals surface area contributed by atoms with E-state index in [-0.39, 0.29) is 49.4 Å². The fraction of sp³-hybridized carbons (Fsp3) is 0.290. The Morgan fingerprint density at radius 3 is 1.45 bits per heavy atom. The molecule has 24 heteroatoms. The normalized spacial score (nSPS) is 13.2. The van der Waals surface area contributed by atoms with Crippen LogP contribution in [0, 0.1) is 29.2 Å². The third-order valence-electron chi connectivity index (χ3n) is 15.3. The van der Waals surface area contributed by atoms with E-state index in [4.69, 9.17) is 19.7 Å². The van der Waals surface area contributed by atoms with Gasteiger partial charge in [-0.25, -0.2) is 36.9 Å². The van der Waals surface area contributed by atoms with Crippen molar-refractivity contribution in [2.45, 2.75) is 91.7 Å². The average Bonchev–Trinajstić information content (AvgIpc) is 1.74. The summed E-state index contributed by atoms with van der Waals surface area (Å²) < 4.78 is 161. The summed E-state index contributed by atoms with van der Waals surface area (Å²) in [6.45, 7) is 10.3. The van der Waals surface area contributed by atoms with Gasteiger partial charge in [0.05, 0.1) is 70.5 Å². The molecule has 0 radical (unpaired) electrons. The van der Waals surface area contributed by atoms with Gasteiger partial charge in [0, 0.05) is 109 Å². The first-order chi connectivity index (χ1) is 40.7. The lowest BCUT2D eigenvalue weighted by Crippen LogP contribution is -2.32. The lowest BCUT2D eigenvalue weighted by molar-refractivity contribution is -0.138. The number of aryl methyl sites for hydroxylation is 4. The molecule has 4 aromatic carbocycles. The van der Waals surface area contributed by atoms with Crippen molar-refractivity contribution in [1.82, 2.24) is 44.8 Å². The number of anilines is 1. The molecule has 452 valence electrons. The van der Waals surface area contributed by atoms with Crippen molar-refractivity contribution < 1.29 is 57.8 Å². The van der Waals surface area contributed by atoms with Crippen LogP contribution < -0.4 is 19.7 Å². The minimum Gasteiger partial charge on any atom is -0.494 e. The number of fused-ring (bicyclic) bond motifs is 4. The van der Waals surface area contributed by atoms with E-state index in [0.717, 1.165) is 76.2 Å². The van der Waals surface area contributed by atoms with Crippen molar-refractivity contribution in [2.24, 2.45) is 0 Å². The number of aromatic amines is 2. The van der Waals surface area contributed by atoms with Crippen LogP contribution >= 0.6 is 12.4 Å². The Kier molecular flexibility index (Phi) is 18.2. The van der Waals surface area contributed by atoms with E-state index in [1.54, 1.807) is 29.0 Å². The maximum Gasteiger partial charge on any atom is 0.417 e. The minimum atomic E-state index is -4.72. The second-order valence-electron chi connectivity index (χ2n) is 20.2. The van der Waals surface area contributed by atoms with Crippen molar-refractivity contribution in [3.63, 3.8) is 0 Å². The smallest absolute Gasteiger partial charge is 0.417 e. The standard InChI is InChI=1S/C31H28F5N5O.C25H27FN4O.C6H2F5N.ClH/c1-4-17-7-6-8-18(5-2)28(17)41-29(26-20-9-11-37-27(20)25(42-3)14-22(26)32)21-16-40(12-10-24(21)39-41)30-23(33)13-19(15-38-30)31(34,35)36;1-4-15-7-6-8-16(5-2)24(15)30-25(18-14-27-11-10-20(18)29-30)22-17-9-12-28-23(17)21(31-3)13-19(22)26;7-4-1-3(6(9,10)11)2-12-5(4)8;/h6-9,11,13-15,37H,4-5,10,12,16H2,1-3H3;6-9,12-13,27-28H,4-5,10-11,14H2,1-3H3;1-2H;1H. The van der Waals surface area contributed by atoms with Crippen molar-refractivity contribution in [3.8, 4) is 45.4 Å². The van der Waals surface area contributed by atoms with Gasteiger partial charge in [-0.05, 0) is 72.2 Å². The Morgan fingerprint density at radius 1 is 0.558 bits per heavy atom. The second kappa shape index (κ2) is 25.3. The molecule has 2 aliphatic rings. The van der Waals surface area contributed by atoms with Crippen LogP contribution in [-0.4, -0.2) is 66.8 Å². The number of methoxy groups -OCH3 is 2. The van der Waals surface area contributed by atoms with Crippen LogP contribution in [-0.2, 0) is 64.0 Å². The number of alkyl halides is 6. The number of nitrogens with zero attached hydrogens (tertiary/aromatic N) is 7. The molecule has 0 amide bonds. The Hall–Kier alpha value is -8.44. The van der Waals surface area contributed by atoms with Crippen LogP contribution in [0.1, 0.15) is 83.6 Å². The molecule has 0 atom stereocenters. The van der Waals surface area contributed by atoms with Gasteiger partial charge in [0.1, 0.15) is 23.1 Å². The molecular formula is C62H58ClF11N10O2. The van der Waals surface area contributed by atoms with Crippen LogP contribution in [0.3, 0.4) is 0 Å². The maximum absolute atomic E-state index is 16.2. The Morgan fingerprint density at radius 2 is 1.01 bits per heavy atom. The van der Waals surface area contributed by atoms with E-state index in [9.17, 15) is 35.1 Å². The third-order valence-corrected chi connectivity index (χ3v) is 15.3. The van der Waals surface area contributed by atoms with Crippen molar-refractivity contribution >= 4 is 40.0 Å².